The van der Waals surface area contributed by atoms with Crippen LogP contribution < -0.4 is 5.32 Å². The summed E-state index contributed by atoms with van der Waals surface area (Å²) in [5, 5.41) is 12.1. The van der Waals surface area contributed by atoms with E-state index in [4.69, 9.17) is 5.11 Å². The molecule has 4 nitrogen and oxygen atoms in total. The first-order valence-corrected chi connectivity index (χ1v) is 7.21. The molecule has 1 aromatic rings. The molecule has 1 aromatic carbocycles. The predicted molar refractivity (Wildman–Crippen MR) is 82.7 cm³/mol. The van der Waals surface area contributed by atoms with E-state index in [9.17, 15) is 18.0 Å². The van der Waals surface area contributed by atoms with Gasteiger partial charge < -0.3 is 15.3 Å². The number of alkyl halides is 3. The molecule has 1 aliphatic rings. The average molecular weight is 353 g/mol. The Labute approximate surface area is 139 Å². The number of piperidine rings is 1. The minimum Gasteiger partial charge on any atom is -0.465 e. The first kappa shape index (κ1) is 19.6. The highest BCUT2D eigenvalue weighted by atomic mass is 35.5. The molecule has 0 saturated carbocycles. The molecule has 0 unspecified atom stereocenters. The Balaban J connectivity index is 0.00000264. The number of nitrogens with one attached hydrogen (secondary N) is 1. The number of rotatable bonds is 4. The van der Waals surface area contributed by atoms with E-state index < -0.39 is 17.8 Å². The van der Waals surface area contributed by atoms with Crippen LogP contribution in [0.5, 0.6) is 0 Å². The zero-order valence-electron chi connectivity index (χ0n) is 12.5. The Morgan fingerprint density at radius 1 is 1.22 bits per heavy atom. The van der Waals surface area contributed by atoms with E-state index in [1.807, 2.05) is 0 Å². The second-order valence-electron chi connectivity index (χ2n) is 5.54. The molecule has 130 valence electrons. The van der Waals surface area contributed by atoms with Gasteiger partial charge in [0.15, 0.2) is 0 Å². The standard InChI is InChI=1S/C15H19F3N2O2.ClH/c16-15(17,18)13-3-1-11(2-4-13)9-19-10-12-5-7-20(8-6-12)14(21)22;/h1-4,12,19H,5-10H2,(H,21,22);1H. The second-order valence-corrected chi connectivity index (χ2v) is 5.54. The highest BCUT2D eigenvalue weighted by Crippen LogP contribution is 2.29. The van der Waals surface area contributed by atoms with Crippen molar-refractivity contribution in [2.75, 3.05) is 19.6 Å². The van der Waals surface area contributed by atoms with Crippen molar-refractivity contribution >= 4 is 18.5 Å². The number of hydrogen-bond donors (Lipinski definition) is 2. The van der Waals surface area contributed by atoms with Crippen LogP contribution in [-0.2, 0) is 12.7 Å². The average Bonchev–Trinajstić information content (AvgIpc) is 2.47. The van der Waals surface area contributed by atoms with Gasteiger partial charge in [0, 0.05) is 19.6 Å². The Morgan fingerprint density at radius 2 is 1.78 bits per heavy atom. The predicted octanol–water partition coefficient (Wildman–Crippen LogP) is 3.61. The van der Waals surface area contributed by atoms with Gasteiger partial charge in [0.25, 0.3) is 0 Å². The topological polar surface area (TPSA) is 52.6 Å². The van der Waals surface area contributed by atoms with Crippen molar-refractivity contribution in [2.24, 2.45) is 5.92 Å². The summed E-state index contributed by atoms with van der Waals surface area (Å²) in [6.07, 6.45) is -3.56. The van der Waals surface area contributed by atoms with Crippen LogP contribution >= 0.6 is 12.4 Å². The fourth-order valence-corrected chi connectivity index (χ4v) is 2.56. The lowest BCUT2D eigenvalue weighted by Crippen LogP contribution is -2.39. The maximum atomic E-state index is 12.4. The monoisotopic (exact) mass is 352 g/mol. The first-order chi connectivity index (χ1) is 10.4. The zero-order valence-corrected chi connectivity index (χ0v) is 13.3. The Kier molecular flexibility index (Phi) is 7.15. The van der Waals surface area contributed by atoms with E-state index in [2.05, 4.69) is 5.32 Å². The molecule has 2 N–H and O–H groups in total. The number of hydrogen-bond acceptors (Lipinski definition) is 2. The summed E-state index contributed by atoms with van der Waals surface area (Å²) in [6, 6.07) is 5.12. The van der Waals surface area contributed by atoms with Crippen LogP contribution in [0.15, 0.2) is 24.3 Å². The number of likely N-dealkylation sites (tertiary alicyclic amines) is 1. The van der Waals surface area contributed by atoms with Crippen LogP contribution in [0.1, 0.15) is 24.0 Å². The molecule has 23 heavy (non-hydrogen) atoms. The van der Waals surface area contributed by atoms with Crippen molar-refractivity contribution < 1.29 is 23.1 Å². The van der Waals surface area contributed by atoms with E-state index in [0.29, 0.717) is 25.6 Å². The highest BCUT2D eigenvalue weighted by Gasteiger charge is 2.29. The van der Waals surface area contributed by atoms with E-state index in [1.165, 1.54) is 17.0 Å². The van der Waals surface area contributed by atoms with Crippen LogP contribution in [0, 0.1) is 5.92 Å². The third-order valence-electron chi connectivity index (χ3n) is 3.93. The number of halogens is 4. The molecule has 0 aliphatic carbocycles. The van der Waals surface area contributed by atoms with Crippen molar-refractivity contribution in [1.29, 1.82) is 0 Å². The molecule has 0 atom stereocenters. The lowest BCUT2D eigenvalue weighted by molar-refractivity contribution is -0.137. The number of nitrogens with zero attached hydrogens (tertiary/aromatic N) is 1. The molecule has 0 bridgehead atoms. The maximum absolute atomic E-state index is 12.4. The molecular formula is C15H20ClF3N2O2. The van der Waals surface area contributed by atoms with E-state index in [0.717, 1.165) is 37.1 Å². The Morgan fingerprint density at radius 3 is 2.26 bits per heavy atom. The summed E-state index contributed by atoms with van der Waals surface area (Å²) < 4.78 is 37.3. The lowest BCUT2D eigenvalue weighted by Gasteiger charge is -2.30. The summed E-state index contributed by atoms with van der Waals surface area (Å²) in [4.78, 5) is 12.2. The van der Waals surface area contributed by atoms with Crippen molar-refractivity contribution in [3.05, 3.63) is 35.4 Å². The Bertz CT molecular complexity index is 500. The lowest BCUT2D eigenvalue weighted by atomic mass is 9.97. The molecule has 1 fully saturated rings. The first-order valence-electron chi connectivity index (χ1n) is 7.21. The molecule has 1 amide bonds. The maximum Gasteiger partial charge on any atom is 0.416 e. The minimum absolute atomic E-state index is 0. The van der Waals surface area contributed by atoms with Gasteiger partial charge in [-0.15, -0.1) is 12.4 Å². The molecule has 0 spiro atoms. The molecular weight excluding hydrogens is 333 g/mol. The van der Waals surface area contributed by atoms with Gasteiger partial charge in [-0.25, -0.2) is 4.79 Å². The van der Waals surface area contributed by atoms with E-state index in [-0.39, 0.29) is 12.4 Å². The smallest absolute Gasteiger partial charge is 0.416 e. The summed E-state index contributed by atoms with van der Waals surface area (Å²) in [5.74, 6) is 0.407. The third kappa shape index (κ3) is 5.91. The molecule has 1 saturated heterocycles. The van der Waals surface area contributed by atoms with Crippen molar-refractivity contribution in [3.8, 4) is 0 Å². The van der Waals surface area contributed by atoms with Gasteiger partial charge in [0.2, 0.25) is 0 Å². The number of benzene rings is 1. The molecule has 1 aliphatic heterocycles. The normalized spacial score (nSPS) is 16.0. The number of amides is 1. The van der Waals surface area contributed by atoms with E-state index >= 15 is 0 Å². The molecule has 0 aromatic heterocycles. The van der Waals surface area contributed by atoms with Gasteiger partial charge in [0.05, 0.1) is 5.56 Å². The fraction of sp³-hybridized carbons (Fsp3) is 0.533. The molecule has 2 rings (SSSR count). The van der Waals surface area contributed by atoms with Crippen LogP contribution in [-0.4, -0.2) is 35.7 Å². The molecule has 0 radical (unpaired) electrons. The summed E-state index contributed by atoms with van der Waals surface area (Å²) in [7, 11) is 0. The van der Waals surface area contributed by atoms with Gasteiger partial charge >= 0.3 is 12.3 Å². The highest BCUT2D eigenvalue weighted by molar-refractivity contribution is 5.85. The van der Waals surface area contributed by atoms with Gasteiger partial charge in [-0.1, -0.05) is 12.1 Å². The molecule has 8 heteroatoms. The zero-order chi connectivity index (χ0) is 16.2. The summed E-state index contributed by atoms with van der Waals surface area (Å²) in [6.45, 7) is 2.34. The van der Waals surface area contributed by atoms with Gasteiger partial charge in [0.1, 0.15) is 0 Å². The largest absolute Gasteiger partial charge is 0.465 e. The van der Waals surface area contributed by atoms with Crippen LogP contribution in [0.2, 0.25) is 0 Å². The van der Waals surface area contributed by atoms with Crippen LogP contribution in [0.3, 0.4) is 0 Å². The SMILES string of the molecule is Cl.O=C(O)N1CCC(CNCc2ccc(C(F)(F)F)cc2)CC1. The second kappa shape index (κ2) is 8.40. The van der Waals surface area contributed by atoms with Gasteiger partial charge in [-0.05, 0) is 43.0 Å². The minimum atomic E-state index is -4.30. The van der Waals surface area contributed by atoms with E-state index in [1.54, 1.807) is 0 Å². The Hall–Kier alpha value is -1.47. The number of carbonyl (C=O) groups is 1. The number of carboxylic acid groups (broad SMARTS) is 1. The van der Waals surface area contributed by atoms with Crippen LogP contribution in [0.4, 0.5) is 18.0 Å². The van der Waals surface area contributed by atoms with Gasteiger partial charge in [-0.3, -0.25) is 0 Å². The third-order valence-corrected chi connectivity index (χ3v) is 3.93. The van der Waals surface area contributed by atoms with Crippen molar-refractivity contribution in [2.45, 2.75) is 25.6 Å². The van der Waals surface area contributed by atoms with Crippen molar-refractivity contribution in [3.63, 3.8) is 0 Å². The van der Waals surface area contributed by atoms with Gasteiger partial charge in [-0.2, -0.15) is 13.2 Å². The quantitative estimate of drug-likeness (QED) is 0.870. The van der Waals surface area contributed by atoms with Crippen LogP contribution in [0.25, 0.3) is 0 Å². The summed E-state index contributed by atoms with van der Waals surface area (Å²) in [5.41, 5.74) is 0.160. The fourth-order valence-electron chi connectivity index (χ4n) is 2.56. The van der Waals surface area contributed by atoms with Crippen molar-refractivity contribution in [1.82, 2.24) is 10.2 Å². The molecule has 1 heterocycles. The summed E-state index contributed by atoms with van der Waals surface area (Å²) >= 11 is 0.